The van der Waals surface area contributed by atoms with Crippen molar-refractivity contribution in [3.05, 3.63) is 12.2 Å². The van der Waals surface area contributed by atoms with Crippen molar-refractivity contribution in [2.45, 2.75) is 26.3 Å². The van der Waals surface area contributed by atoms with Gasteiger partial charge in [0, 0.05) is 19.1 Å². The van der Waals surface area contributed by atoms with Crippen LogP contribution in [0.2, 0.25) is 0 Å². The van der Waals surface area contributed by atoms with E-state index in [1.165, 1.54) is 12.0 Å². The summed E-state index contributed by atoms with van der Waals surface area (Å²) in [5, 5.41) is 3.10. The smallest absolute Gasteiger partial charge is 0.0202 e. The Morgan fingerprint density at radius 2 is 2.17 bits per heavy atom. The molecule has 2 heteroatoms. The molecule has 0 aliphatic rings. The van der Waals surface area contributed by atoms with Crippen LogP contribution in [0.25, 0.3) is 0 Å². The van der Waals surface area contributed by atoms with Gasteiger partial charge in [0.25, 0.3) is 0 Å². The highest BCUT2D eigenvalue weighted by atomic mass is 15.1. The van der Waals surface area contributed by atoms with Crippen molar-refractivity contribution >= 4 is 0 Å². The lowest BCUT2D eigenvalue weighted by atomic mass is 10.2. The molecule has 0 rings (SSSR count). The van der Waals surface area contributed by atoms with Gasteiger partial charge in [-0.1, -0.05) is 13.5 Å². The van der Waals surface area contributed by atoms with E-state index < -0.39 is 0 Å². The summed E-state index contributed by atoms with van der Waals surface area (Å²) < 4.78 is 0. The third-order valence-electron chi connectivity index (χ3n) is 2.24. The van der Waals surface area contributed by atoms with Crippen molar-refractivity contribution in [3.63, 3.8) is 0 Å². The maximum Gasteiger partial charge on any atom is 0.0202 e. The number of likely N-dealkylation sites (N-methyl/N-ethyl adjacent to an activating group) is 2. The average Bonchev–Trinajstić information content (AvgIpc) is 2.03. The van der Waals surface area contributed by atoms with Gasteiger partial charge in [-0.3, -0.25) is 4.90 Å². The molecule has 0 radical (unpaired) electrons. The molecular formula is C10H22N2. The van der Waals surface area contributed by atoms with Gasteiger partial charge in [0.1, 0.15) is 0 Å². The zero-order valence-corrected chi connectivity index (χ0v) is 8.85. The van der Waals surface area contributed by atoms with Gasteiger partial charge in [-0.05, 0) is 33.0 Å². The Bertz CT molecular complexity index is 132. The lowest BCUT2D eigenvalue weighted by molar-refractivity contribution is 0.271. The van der Waals surface area contributed by atoms with E-state index in [1.54, 1.807) is 0 Å². The Kier molecular flexibility index (Phi) is 6.03. The minimum atomic E-state index is 0.651. The normalized spacial score (nSPS) is 13.4. The van der Waals surface area contributed by atoms with Crippen LogP contribution in [0.15, 0.2) is 12.2 Å². The fraction of sp³-hybridized carbons (Fsp3) is 0.800. The maximum atomic E-state index is 4.00. The highest BCUT2D eigenvalue weighted by molar-refractivity contribution is 4.99. The predicted octanol–water partition coefficient (Wildman–Crippen LogP) is 1.49. The van der Waals surface area contributed by atoms with Crippen LogP contribution in [0.3, 0.4) is 0 Å². The highest BCUT2D eigenvalue weighted by Gasteiger charge is 2.06. The molecular weight excluding hydrogens is 148 g/mol. The van der Waals surface area contributed by atoms with Gasteiger partial charge in [0.2, 0.25) is 0 Å². The Labute approximate surface area is 76.6 Å². The van der Waals surface area contributed by atoms with Crippen LogP contribution < -0.4 is 5.32 Å². The third-order valence-corrected chi connectivity index (χ3v) is 2.24. The van der Waals surface area contributed by atoms with Crippen LogP contribution in [0.1, 0.15) is 20.3 Å². The molecule has 0 aromatic carbocycles. The van der Waals surface area contributed by atoms with Gasteiger partial charge in [0.15, 0.2) is 0 Å². The molecule has 0 bridgehead atoms. The summed E-state index contributed by atoms with van der Waals surface area (Å²) in [5.41, 5.74) is 1.25. The first kappa shape index (κ1) is 11.7. The number of hydrogen-bond acceptors (Lipinski definition) is 2. The molecule has 0 saturated carbocycles. The molecule has 1 N–H and O–H groups in total. The molecule has 0 spiro atoms. The molecule has 0 amide bonds. The van der Waals surface area contributed by atoms with E-state index in [1.807, 2.05) is 7.05 Å². The monoisotopic (exact) mass is 170 g/mol. The Morgan fingerprint density at radius 1 is 1.58 bits per heavy atom. The summed E-state index contributed by atoms with van der Waals surface area (Å²) >= 11 is 0. The number of hydrogen-bond donors (Lipinski definition) is 1. The van der Waals surface area contributed by atoms with Crippen LogP contribution in [-0.4, -0.2) is 38.1 Å². The summed E-state index contributed by atoms with van der Waals surface area (Å²) in [6.45, 7) is 10.4. The molecule has 0 aromatic rings. The van der Waals surface area contributed by atoms with Crippen molar-refractivity contribution in [2.24, 2.45) is 0 Å². The highest BCUT2D eigenvalue weighted by Crippen LogP contribution is 2.02. The van der Waals surface area contributed by atoms with Crippen molar-refractivity contribution in [2.75, 3.05) is 27.2 Å². The van der Waals surface area contributed by atoms with Gasteiger partial charge in [-0.2, -0.15) is 0 Å². The predicted molar refractivity (Wildman–Crippen MR) is 55.4 cm³/mol. The Balaban J connectivity index is 3.67. The molecule has 0 heterocycles. The van der Waals surface area contributed by atoms with Crippen molar-refractivity contribution in [1.29, 1.82) is 0 Å². The fourth-order valence-electron chi connectivity index (χ4n) is 1.13. The van der Waals surface area contributed by atoms with Gasteiger partial charge in [0.05, 0.1) is 0 Å². The number of nitrogens with zero attached hydrogens (tertiary/aromatic N) is 1. The molecule has 0 fully saturated rings. The molecule has 0 saturated heterocycles. The first-order valence-corrected chi connectivity index (χ1v) is 4.63. The van der Waals surface area contributed by atoms with E-state index in [0.717, 1.165) is 13.1 Å². The van der Waals surface area contributed by atoms with Crippen molar-refractivity contribution in [3.8, 4) is 0 Å². The van der Waals surface area contributed by atoms with Crippen LogP contribution in [0, 0.1) is 0 Å². The van der Waals surface area contributed by atoms with E-state index in [0.29, 0.717) is 6.04 Å². The molecule has 12 heavy (non-hydrogen) atoms. The Hall–Kier alpha value is -0.340. The fourth-order valence-corrected chi connectivity index (χ4v) is 1.13. The summed E-state index contributed by atoms with van der Waals surface area (Å²) in [6, 6.07) is 0.651. The molecule has 72 valence electrons. The second-order valence-corrected chi connectivity index (χ2v) is 3.45. The van der Waals surface area contributed by atoms with Crippen LogP contribution in [0.5, 0.6) is 0 Å². The van der Waals surface area contributed by atoms with Gasteiger partial charge in [-0.15, -0.1) is 0 Å². The molecule has 0 aliphatic heterocycles. The number of nitrogens with one attached hydrogen (secondary N) is 1. The summed E-state index contributed by atoms with van der Waals surface area (Å²) in [4.78, 5) is 2.33. The van der Waals surface area contributed by atoms with Gasteiger partial charge in [-0.25, -0.2) is 0 Å². The van der Waals surface area contributed by atoms with E-state index in [-0.39, 0.29) is 0 Å². The second kappa shape index (κ2) is 6.21. The molecule has 1 unspecified atom stereocenters. The Morgan fingerprint density at radius 3 is 2.58 bits per heavy atom. The SMILES string of the molecule is C=C(CNC)CN(C)C(C)CC. The molecule has 0 aliphatic carbocycles. The largest absolute Gasteiger partial charge is 0.316 e. The first-order valence-electron chi connectivity index (χ1n) is 4.63. The quantitative estimate of drug-likeness (QED) is 0.608. The average molecular weight is 170 g/mol. The van der Waals surface area contributed by atoms with Gasteiger partial charge < -0.3 is 5.32 Å². The van der Waals surface area contributed by atoms with Crippen LogP contribution >= 0.6 is 0 Å². The minimum absolute atomic E-state index is 0.651. The van der Waals surface area contributed by atoms with E-state index in [4.69, 9.17) is 0 Å². The summed E-state index contributed by atoms with van der Waals surface area (Å²) in [6.07, 6.45) is 1.20. The zero-order valence-electron chi connectivity index (χ0n) is 8.85. The maximum absolute atomic E-state index is 4.00. The van der Waals surface area contributed by atoms with Crippen LogP contribution in [0.4, 0.5) is 0 Å². The van der Waals surface area contributed by atoms with E-state index in [9.17, 15) is 0 Å². The zero-order chi connectivity index (χ0) is 9.56. The molecule has 2 nitrogen and oxygen atoms in total. The lowest BCUT2D eigenvalue weighted by Gasteiger charge is -2.24. The topological polar surface area (TPSA) is 15.3 Å². The van der Waals surface area contributed by atoms with Crippen LogP contribution in [-0.2, 0) is 0 Å². The molecule has 1 atom stereocenters. The molecule has 0 aromatic heterocycles. The lowest BCUT2D eigenvalue weighted by Crippen LogP contribution is -2.31. The summed E-state index contributed by atoms with van der Waals surface area (Å²) in [7, 11) is 4.10. The number of rotatable bonds is 6. The third kappa shape index (κ3) is 4.52. The van der Waals surface area contributed by atoms with Gasteiger partial charge >= 0.3 is 0 Å². The standard InChI is InChI=1S/C10H22N2/c1-6-10(3)12(5)8-9(2)7-11-4/h10-11H,2,6-8H2,1,3-5H3. The summed E-state index contributed by atoms with van der Waals surface area (Å²) in [5.74, 6) is 0. The van der Waals surface area contributed by atoms with Crippen molar-refractivity contribution < 1.29 is 0 Å². The first-order chi connectivity index (χ1) is 5.61. The second-order valence-electron chi connectivity index (χ2n) is 3.45. The van der Waals surface area contributed by atoms with E-state index in [2.05, 4.69) is 37.7 Å². The minimum Gasteiger partial charge on any atom is -0.316 e. The van der Waals surface area contributed by atoms with Crippen molar-refractivity contribution in [1.82, 2.24) is 10.2 Å². The van der Waals surface area contributed by atoms with E-state index >= 15 is 0 Å².